The molecule has 2 aromatic rings. The molecular weight excluding hydrogens is 482 g/mol. The lowest BCUT2D eigenvalue weighted by molar-refractivity contribution is -0.121. The number of carbonyl (C=O) groups is 3. The van der Waals surface area contributed by atoms with Crippen molar-refractivity contribution >= 4 is 23.7 Å². The van der Waals surface area contributed by atoms with Gasteiger partial charge < -0.3 is 25.8 Å². The maximum atomic E-state index is 13.5. The summed E-state index contributed by atoms with van der Waals surface area (Å²) in [5.74, 6) is 0.0655. The third kappa shape index (κ3) is 5.91. The fourth-order valence-electron chi connectivity index (χ4n) is 5.44. The number of carbonyl (C=O) groups excluding carboxylic acids is 3. The van der Waals surface area contributed by atoms with E-state index in [2.05, 4.69) is 32.7 Å². The minimum Gasteiger partial charge on any atom is -0.350 e. The van der Waals surface area contributed by atoms with Crippen molar-refractivity contribution in [3.05, 3.63) is 59.8 Å². The lowest BCUT2D eigenvalue weighted by Gasteiger charge is -2.34. The Bertz CT molecular complexity index is 1170. The molecule has 38 heavy (non-hydrogen) atoms. The number of H-pyrrole nitrogens is 1. The van der Waals surface area contributed by atoms with E-state index in [0.717, 1.165) is 29.7 Å². The molecule has 1 atom stereocenters. The third-order valence-electron chi connectivity index (χ3n) is 7.63. The largest absolute Gasteiger partial charge is 0.350 e. The van der Waals surface area contributed by atoms with Crippen LogP contribution in [0, 0.1) is 5.92 Å². The summed E-state index contributed by atoms with van der Waals surface area (Å²) >= 11 is 0. The molecule has 4 rings (SSSR count). The maximum absolute atomic E-state index is 13.5. The Labute approximate surface area is 224 Å². The molecule has 1 saturated carbocycles. The van der Waals surface area contributed by atoms with E-state index in [0.29, 0.717) is 31.7 Å². The lowest BCUT2D eigenvalue weighted by atomic mass is 9.85. The molecule has 0 saturated heterocycles. The first-order valence-electron chi connectivity index (χ1n) is 13.2. The van der Waals surface area contributed by atoms with E-state index in [-0.39, 0.29) is 35.8 Å². The molecule has 2 aliphatic rings. The molecule has 0 spiro atoms. The van der Waals surface area contributed by atoms with Crippen LogP contribution in [-0.2, 0) is 21.7 Å². The number of fused-ring (bicyclic) bond motifs is 1. The van der Waals surface area contributed by atoms with Crippen molar-refractivity contribution < 1.29 is 14.4 Å². The number of anilines is 1. The molecular formula is C28H39N7O3. The van der Waals surface area contributed by atoms with Gasteiger partial charge in [-0.25, -0.2) is 4.79 Å². The van der Waals surface area contributed by atoms with Crippen LogP contribution in [0.4, 0.5) is 10.6 Å². The van der Waals surface area contributed by atoms with E-state index in [1.807, 2.05) is 63.2 Å². The Morgan fingerprint density at radius 1 is 1.18 bits per heavy atom. The van der Waals surface area contributed by atoms with Crippen LogP contribution in [0.15, 0.2) is 43.0 Å². The molecule has 10 heteroatoms. The van der Waals surface area contributed by atoms with Gasteiger partial charge in [-0.2, -0.15) is 5.10 Å². The Balaban J connectivity index is 1.41. The average molecular weight is 522 g/mol. The molecule has 0 bridgehead atoms. The Kier molecular flexibility index (Phi) is 8.20. The number of hydrogen-bond donors (Lipinski definition) is 4. The molecule has 1 aliphatic heterocycles. The summed E-state index contributed by atoms with van der Waals surface area (Å²) in [6.45, 7) is 8.44. The number of benzene rings is 1. The summed E-state index contributed by atoms with van der Waals surface area (Å²) in [6.07, 6.45) is 4.13. The second kappa shape index (κ2) is 11.4. The van der Waals surface area contributed by atoms with Crippen LogP contribution < -0.4 is 16.0 Å². The van der Waals surface area contributed by atoms with Crippen molar-refractivity contribution in [1.82, 2.24) is 30.6 Å². The summed E-state index contributed by atoms with van der Waals surface area (Å²) in [5, 5.41) is 16.6. The average Bonchev–Trinajstić information content (AvgIpc) is 3.41. The van der Waals surface area contributed by atoms with Gasteiger partial charge >= 0.3 is 6.03 Å². The van der Waals surface area contributed by atoms with Crippen LogP contribution in [0.2, 0.25) is 0 Å². The number of hydrogen-bond acceptors (Lipinski definition) is 5. The van der Waals surface area contributed by atoms with E-state index in [1.165, 1.54) is 6.08 Å². The van der Waals surface area contributed by atoms with Crippen molar-refractivity contribution in [2.24, 2.45) is 5.92 Å². The SMILES string of the molecule is C=CC(=O)N[C@H]1CC[C@@H](C(=O)Nc2n[nH]c3c2CN(C(=O)N[C@H](CN(C)C)c2ccccc2)C3(C)C)CC1. The summed E-state index contributed by atoms with van der Waals surface area (Å²) in [7, 11) is 3.97. The summed E-state index contributed by atoms with van der Waals surface area (Å²) < 4.78 is 0. The normalized spacial score (nSPS) is 20.9. The van der Waals surface area contributed by atoms with E-state index >= 15 is 0 Å². The van der Waals surface area contributed by atoms with Crippen LogP contribution in [-0.4, -0.2) is 64.5 Å². The number of urea groups is 1. The highest BCUT2D eigenvalue weighted by molar-refractivity contribution is 5.93. The lowest BCUT2D eigenvalue weighted by Crippen LogP contribution is -2.48. The van der Waals surface area contributed by atoms with Gasteiger partial charge in [0.05, 0.1) is 23.8 Å². The number of aromatic amines is 1. The first-order chi connectivity index (χ1) is 18.1. The minimum atomic E-state index is -0.629. The van der Waals surface area contributed by atoms with E-state index in [1.54, 1.807) is 4.90 Å². The standard InChI is InChI=1S/C28H39N7O3/c1-6-23(36)29-20-14-12-19(13-15-20)26(37)31-25-21-16-35(28(2,3)24(21)32-33-25)27(38)30-22(17-34(4)5)18-10-8-7-9-11-18/h6-11,19-20,22H,1,12-17H2,2-5H3,(H,29,36)(H,30,38)(H2,31,32,33,37)/t19-,20+,22-/m1/s1. The van der Waals surface area contributed by atoms with E-state index in [9.17, 15) is 14.4 Å². The van der Waals surface area contributed by atoms with Crippen molar-refractivity contribution in [3.63, 3.8) is 0 Å². The fourth-order valence-corrected chi connectivity index (χ4v) is 5.44. The van der Waals surface area contributed by atoms with Crippen LogP contribution in [0.1, 0.15) is 62.4 Å². The zero-order valence-corrected chi connectivity index (χ0v) is 22.7. The zero-order chi connectivity index (χ0) is 27.4. The summed E-state index contributed by atoms with van der Waals surface area (Å²) in [5.41, 5.74) is 2.06. The number of aromatic nitrogens is 2. The predicted molar refractivity (Wildman–Crippen MR) is 146 cm³/mol. The van der Waals surface area contributed by atoms with Crippen molar-refractivity contribution in [3.8, 4) is 0 Å². The van der Waals surface area contributed by atoms with Gasteiger partial charge in [-0.15, -0.1) is 0 Å². The van der Waals surface area contributed by atoms with Crippen LogP contribution in [0.5, 0.6) is 0 Å². The van der Waals surface area contributed by atoms with Gasteiger partial charge in [0, 0.05) is 24.1 Å². The highest BCUT2D eigenvalue weighted by Crippen LogP contribution is 2.41. The molecule has 4 N–H and O–H groups in total. The predicted octanol–water partition coefficient (Wildman–Crippen LogP) is 3.27. The molecule has 0 radical (unpaired) electrons. The van der Waals surface area contributed by atoms with Gasteiger partial charge in [0.25, 0.3) is 0 Å². The minimum absolute atomic E-state index is 0.0688. The Morgan fingerprint density at radius 3 is 2.50 bits per heavy atom. The van der Waals surface area contributed by atoms with E-state index < -0.39 is 5.54 Å². The van der Waals surface area contributed by atoms with E-state index in [4.69, 9.17) is 0 Å². The van der Waals surface area contributed by atoms with Gasteiger partial charge in [0.15, 0.2) is 5.82 Å². The topological polar surface area (TPSA) is 122 Å². The quantitative estimate of drug-likeness (QED) is 0.397. The molecule has 2 heterocycles. The molecule has 4 amide bonds. The fraction of sp³-hybridized carbons (Fsp3) is 0.500. The number of nitrogens with zero attached hydrogens (tertiary/aromatic N) is 3. The summed E-state index contributed by atoms with van der Waals surface area (Å²) in [6, 6.07) is 9.67. The van der Waals surface area contributed by atoms with Gasteiger partial charge in [-0.05, 0) is 65.3 Å². The highest BCUT2D eigenvalue weighted by atomic mass is 16.2. The van der Waals surface area contributed by atoms with Gasteiger partial charge in [-0.1, -0.05) is 36.9 Å². The smallest absolute Gasteiger partial charge is 0.319 e. The molecule has 1 aromatic heterocycles. The number of nitrogens with one attached hydrogen (secondary N) is 4. The molecule has 1 aromatic carbocycles. The highest BCUT2D eigenvalue weighted by Gasteiger charge is 2.44. The Hall–Kier alpha value is -3.66. The zero-order valence-electron chi connectivity index (χ0n) is 22.7. The number of likely N-dealkylation sites (N-methyl/N-ethyl adjacent to an activating group) is 1. The maximum Gasteiger partial charge on any atom is 0.319 e. The van der Waals surface area contributed by atoms with Crippen LogP contribution in [0.3, 0.4) is 0 Å². The second-order valence-corrected chi connectivity index (χ2v) is 11.0. The second-order valence-electron chi connectivity index (χ2n) is 11.0. The molecule has 1 fully saturated rings. The third-order valence-corrected chi connectivity index (χ3v) is 7.63. The van der Waals surface area contributed by atoms with Crippen LogP contribution in [0.25, 0.3) is 0 Å². The van der Waals surface area contributed by atoms with Crippen molar-refractivity contribution in [2.75, 3.05) is 26.0 Å². The molecule has 0 unspecified atom stereocenters. The van der Waals surface area contributed by atoms with Crippen LogP contribution >= 0.6 is 0 Å². The van der Waals surface area contributed by atoms with Crippen molar-refractivity contribution in [2.45, 2.75) is 63.7 Å². The monoisotopic (exact) mass is 521 g/mol. The molecule has 204 valence electrons. The first kappa shape index (κ1) is 27.4. The number of rotatable bonds is 8. The van der Waals surface area contributed by atoms with Crippen molar-refractivity contribution in [1.29, 1.82) is 0 Å². The van der Waals surface area contributed by atoms with Gasteiger partial charge in [-0.3, -0.25) is 14.7 Å². The number of amides is 4. The van der Waals surface area contributed by atoms with Gasteiger partial charge in [0.2, 0.25) is 11.8 Å². The first-order valence-corrected chi connectivity index (χ1v) is 13.2. The Morgan fingerprint density at radius 2 is 1.87 bits per heavy atom. The summed E-state index contributed by atoms with van der Waals surface area (Å²) in [4.78, 5) is 42.0. The van der Waals surface area contributed by atoms with Gasteiger partial charge in [0.1, 0.15) is 0 Å². The molecule has 10 nitrogen and oxygen atoms in total. The molecule has 1 aliphatic carbocycles.